The zero-order valence-electron chi connectivity index (χ0n) is 7.13. The Hall–Kier alpha value is -0.370. The third-order valence-corrected chi connectivity index (χ3v) is 1.29. The van der Waals surface area contributed by atoms with E-state index in [-0.39, 0.29) is 37.7 Å². The van der Waals surface area contributed by atoms with E-state index in [1.165, 1.54) is 0 Å². The van der Waals surface area contributed by atoms with Gasteiger partial charge >= 0.3 is 17.9 Å². The number of carboxylic acids is 3. The van der Waals surface area contributed by atoms with Crippen LogP contribution in [0.15, 0.2) is 0 Å². The Morgan fingerprint density at radius 2 is 1.21 bits per heavy atom. The fourth-order valence-corrected chi connectivity index (χ4v) is 0.714. The van der Waals surface area contributed by atoms with E-state index < -0.39 is 36.4 Å². The van der Waals surface area contributed by atoms with E-state index in [2.05, 4.69) is 0 Å². The second-order valence-corrected chi connectivity index (χ2v) is 2.48. The molecule has 0 aliphatic heterocycles. The maximum Gasteiger partial charge on any atom is 0.336 e. The number of hydrogen-bond acceptors (Lipinski definition) is 4. The number of aliphatic carboxylic acids is 3. The molecule has 7 nitrogen and oxygen atoms in total. The molecular weight excluding hydrogens is 224 g/mol. The van der Waals surface area contributed by atoms with Crippen molar-refractivity contribution in [3.8, 4) is 0 Å². The number of aliphatic hydroxyl groups is 1. The van der Waals surface area contributed by atoms with Gasteiger partial charge in [0.25, 0.3) is 0 Å². The first kappa shape index (κ1) is 16.1. The Labute approximate surface area is 108 Å². The summed E-state index contributed by atoms with van der Waals surface area (Å²) in [6, 6.07) is 0. The van der Waals surface area contributed by atoms with Gasteiger partial charge in [-0.25, -0.2) is 4.79 Å². The molecule has 0 unspecified atom stereocenters. The summed E-state index contributed by atoms with van der Waals surface area (Å²) in [7, 11) is 0. The molecule has 0 aliphatic rings. The molecule has 0 atom stereocenters. The Bertz CT molecular complexity index is 233. The summed E-state index contributed by atoms with van der Waals surface area (Å²) in [5.41, 5.74) is -2.74. The minimum Gasteiger partial charge on any atom is -0.481 e. The van der Waals surface area contributed by atoms with Crippen LogP contribution in [0.3, 0.4) is 0 Å². The molecule has 4 N–H and O–H groups in total. The normalized spacial score (nSPS) is 10.1. The van der Waals surface area contributed by atoms with Crippen molar-refractivity contribution in [3.63, 3.8) is 0 Å². The van der Waals surface area contributed by atoms with E-state index in [1.54, 1.807) is 0 Å². The summed E-state index contributed by atoms with van der Waals surface area (Å²) in [6.45, 7) is 0. The van der Waals surface area contributed by atoms with Crippen molar-refractivity contribution >= 4 is 55.6 Å². The molecule has 0 fully saturated rings. The fourth-order valence-electron chi connectivity index (χ4n) is 0.714. The van der Waals surface area contributed by atoms with Gasteiger partial charge < -0.3 is 20.4 Å². The summed E-state index contributed by atoms with van der Waals surface area (Å²) in [4.78, 5) is 30.5. The first-order valence-electron chi connectivity index (χ1n) is 3.17. The molecule has 0 aromatic rings. The van der Waals surface area contributed by atoms with Crippen LogP contribution >= 0.6 is 0 Å². The van der Waals surface area contributed by atoms with Gasteiger partial charge in [0.15, 0.2) is 5.60 Å². The Balaban J connectivity index is 0. The average molecular weight is 232 g/mol. The second-order valence-electron chi connectivity index (χ2n) is 2.48. The van der Waals surface area contributed by atoms with Gasteiger partial charge in [-0.2, -0.15) is 0 Å². The van der Waals surface area contributed by atoms with Gasteiger partial charge in [-0.15, -0.1) is 0 Å². The van der Waals surface area contributed by atoms with E-state index in [0.29, 0.717) is 0 Å². The zero-order valence-corrected chi connectivity index (χ0v) is 9.34. The fraction of sp³-hybridized carbons (Fsp3) is 0.500. The molecule has 76 valence electrons. The SMILES string of the molecule is O=C(O)CC(O)(CC(=O)O)C(=O)O.[Ca]. The molecule has 0 aliphatic carbocycles. The molecule has 14 heavy (non-hydrogen) atoms. The maximum absolute atomic E-state index is 10.3. The number of rotatable bonds is 5. The van der Waals surface area contributed by atoms with Gasteiger partial charge in [0.1, 0.15) is 0 Å². The van der Waals surface area contributed by atoms with Gasteiger partial charge in [-0.05, 0) is 0 Å². The predicted octanol–water partition coefficient (Wildman–Crippen LogP) is -1.63. The smallest absolute Gasteiger partial charge is 0.336 e. The van der Waals surface area contributed by atoms with Crippen LogP contribution in [0.4, 0.5) is 0 Å². The Morgan fingerprint density at radius 3 is 1.36 bits per heavy atom. The van der Waals surface area contributed by atoms with Crippen LogP contribution in [0, 0.1) is 0 Å². The number of carbonyl (C=O) groups is 3. The van der Waals surface area contributed by atoms with E-state index in [4.69, 9.17) is 20.4 Å². The standard InChI is InChI=1S/C6H8O7.Ca/c7-3(8)1-6(13,5(11)12)2-4(9)10;/h13H,1-2H2,(H,7,8)(H,9,10)(H,11,12);. The molecule has 0 aromatic carbocycles. The average Bonchev–Trinajstić information content (AvgIpc) is 1.82. The van der Waals surface area contributed by atoms with Crippen molar-refractivity contribution in [3.05, 3.63) is 0 Å². The van der Waals surface area contributed by atoms with Crippen molar-refractivity contribution in [1.29, 1.82) is 0 Å². The molecule has 0 bridgehead atoms. The molecule has 0 spiro atoms. The van der Waals surface area contributed by atoms with Crippen molar-refractivity contribution in [1.82, 2.24) is 0 Å². The summed E-state index contributed by atoms with van der Waals surface area (Å²) in [6.07, 6.45) is -2.29. The quantitative estimate of drug-likeness (QED) is 0.418. The van der Waals surface area contributed by atoms with Crippen LogP contribution in [0.25, 0.3) is 0 Å². The Kier molecular flexibility index (Phi) is 7.09. The van der Waals surface area contributed by atoms with E-state index in [1.807, 2.05) is 0 Å². The molecule has 0 aromatic heterocycles. The molecule has 0 amide bonds. The summed E-state index contributed by atoms with van der Waals surface area (Å²) in [5, 5.41) is 33.8. The van der Waals surface area contributed by atoms with Crippen molar-refractivity contribution in [2.45, 2.75) is 18.4 Å². The predicted molar refractivity (Wildman–Crippen MR) is 42.8 cm³/mol. The molecule has 0 saturated carbocycles. The van der Waals surface area contributed by atoms with Crippen molar-refractivity contribution < 1.29 is 34.8 Å². The third kappa shape index (κ3) is 5.38. The van der Waals surface area contributed by atoms with Gasteiger partial charge in [-0.1, -0.05) is 0 Å². The number of carboxylic acid groups (broad SMARTS) is 3. The van der Waals surface area contributed by atoms with Crippen molar-refractivity contribution in [2.75, 3.05) is 0 Å². The topological polar surface area (TPSA) is 132 Å². The molecule has 0 heterocycles. The first-order valence-corrected chi connectivity index (χ1v) is 3.17. The monoisotopic (exact) mass is 232 g/mol. The molecule has 0 saturated heterocycles. The number of hydrogen-bond donors (Lipinski definition) is 4. The van der Waals surface area contributed by atoms with Crippen molar-refractivity contribution in [2.24, 2.45) is 0 Å². The Morgan fingerprint density at radius 1 is 0.929 bits per heavy atom. The van der Waals surface area contributed by atoms with Crippen LogP contribution in [-0.4, -0.2) is 81.7 Å². The van der Waals surface area contributed by atoms with Crippen LogP contribution in [0.5, 0.6) is 0 Å². The molecule has 8 heteroatoms. The summed E-state index contributed by atoms with van der Waals surface area (Å²) in [5.74, 6) is -5.02. The summed E-state index contributed by atoms with van der Waals surface area (Å²) >= 11 is 0. The molecule has 0 rings (SSSR count). The van der Waals surface area contributed by atoms with E-state index in [0.717, 1.165) is 0 Å². The van der Waals surface area contributed by atoms with Gasteiger partial charge in [0.05, 0.1) is 12.8 Å². The molecule has 2 radical (unpaired) electrons. The largest absolute Gasteiger partial charge is 0.481 e. The maximum atomic E-state index is 10.3. The van der Waals surface area contributed by atoms with Crippen LogP contribution in [0.2, 0.25) is 0 Å². The van der Waals surface area contributed by atoms with Crippen LogP contribution < -0.4 is 0 Å². The molecular formula is C6H8CaO7. The van der Waals surface area contributed by atoms with Crippen LogP contribution in [-0.2, 0) is 14.4 Å². The second kappa shape index (κ2) is 6.18. The van der Waals surface area contributed by atoms with Gasteiger partial charge in [0.2, 0.25) is 0 Å². The van der Waals surface area contributed by atoms with Gasteiger partial charge in [-0.3, -0.25) is 9.59 Å². The van der Waals surface area contributed by atoms with E-state index in [9.17, 15) is 14.4 Å². The summed E-state index contributed by atoms with van der Waals surface area (Å²) < 4.78 is 0. The zero-order chi connectivity index (χ0) is 10.6. The minimum absolute atomic E-state index is 0. The van der Waals surface area contributed by atoms with Gasteiger partial charge in [0, 0.05) is 37.7 Å². The van der Waals surface area contributed by atoms with Crippen LogP contribution in [0.1, 0.15) is 12.8 Å². The first-order chi connectivity index (χ1) is 5.78. The third-order valence-electron chi connectivity index (χ3n) is 1.29. The minimum atomic E-state index is -2.74. The van der Waals surface area contributed by atoms with E-state index >= 15 is 0 Å².